The Bertz CT molecular complexity index is 1090. The fraction of sp³-hybridized carbons (Fsp3) is 0.481. The van der Waals surface area contributed by atoms with Crippen LogP contribution in [0.1, 0.15) is 79.0 Å². The Morgan fingerprint density at radius 2 is 2.00 bits per heavy atom. The summed E-state index contributed by atoms with van der Waals surface area (Å²) in [6.45, 7) is 6.50. The van der Waals surface area contributed by atoms with Gasteiger partial charge < -0.3 is 14.8 Å². The summed E-state index contributed by atoms with van der Waals surface area (Å²) in [4.78, 5) is 20.2. The highest BCUT2D eigenvalue weighted by atomic mass is 16.5. The molecule has 168 valence electrons. The van der Waals surface area contributed by atoms with E-state index in [1.165, 1.54) is 5.57 Å². The molecule has 0 saturated carbocycles. The van der Waals surface area contributed by atoms with Crippen LogP contribution in [0.5, 0.6) is 0 Å². The number of allylic oxidation sites excluding steroid dienone is 2. The summed E-state index contributed by atoms with van der Waals surface area (Å²) >= 11 is 0. The molecule has 5 rings (SSSR count). The highest BCUT2D eigenvalue weighted by Crippen LogP contribution is 2.44. The molecule has 1 aromatic carbocycles. The van der Waals surface area contributed by atoms with Crippen molar-refractivity contribution in [3.8, 4) is 0 Å². The summed E-state index contributed by atoms with van der Waals surface area (Å²) in [6, 6.07) is 6.16. The first-order valence-corrected chi connectivity index (χ1v) is 11.6. The summed E-state index contributed by atoms with van der Waals surface area (Å²) in [6.07, 6.45) is 12.6. The van der Waals surface area contributed by atoms with Crippen molar-refractivity contribution in [2.45, 2.75) is 77.1 Å². The second-order valence-electron chi connectivity index (χ2n) is 10.5. The molecule has 2 aliphatic heterocycles. The summed E-state index contributed by atoms with van der Waals surface area (Å²) < 4.78 is 5.87. The topological polar surface area (TPSA) is 75.2 Å². The molecule has 0 radical (unpaired) electrons. The van der Waals surface area contributed by atoms with Crippen LogP contribution in [0.15, 0.2) is 42.6 Å². The van der Waals surface area contributed by atoms with Gasteiger partial charge in [0.05, 0.1) is 17.8 Å². The van der Waals surface area contributed by atoms with Gasteiger partial charge >= 0.3 is 0 Å². The molecule has 1 aromatic heterocycles. The van der Waals surface area contributed by atoms with Gasteiger partial charge in [-0.15, -0.1) is 0 Å². The van der Waals surface area contributed by atoms with E-state index in [2.05, 4.69) is 48.1 Å². The number of fused-ring (bicyclic) bond motifs is 2. The maximum absolute atomic E-state index is 12.9. The number of carbonyl (C=O) groups excluding carboxylic acids is 1. The van der Waals surface area contributed by atoms with Crippen molar-refractivity contribution in [2.24, 2.45) is 5.41 Å². The first-order chi connectivity index (χ1) is 15.2. The van der Waals surface area contributed by atoms with Gasteiger partial charge in [0.1, 0.15) is 0 Å². The van der Waals surface area contributed by atoms with Crippen molar-refractivity contribution in [2.75, 3.05) is 0 Å². The lowest BCUT2D eigenvalue weighted by atomic mass is 9.75. The molecule has 3 atom stereocenters. The molecular weight excluding hydrogens is 400 g/mol. The second kappa shape index (κ2) is 7.82. The molecule has 2 N–H and O–H groups in total. The summed E-state index contributed by atoms with van der Waals surface area (Å²) in [7, 11) is 0. The molecule has 1 fully saturated rings. The van der Waals surface area contributed by atoms with Gasteiger partial charge in [-0.25, -0.2) is 4.98 Å². The average molecular weight is 433 g/mol. The normalized spacial score (nSPS) is 28.6. The number of benzene rings is 1. The Balaban J connectivity index is 1.50. The molecule has 2 aromatic rings. The predicted octanol–water partition coefficient (Wildman–Crippen LogP) is 5.04. The zero-order chi connectivity index (χ0) is 22.5. The van der Waals surface area contributed by atoms with Crippen molar-refractivity contribution in [1.29, 1.82) is 0 Å². The molecular formula is C27H32N2O3. The number of rotatable bonds is 5. The van der Waals surface area contributed by atoms with E-state index in [0.29, 0.717) is 24.1 Å². The van der Waals surface area contributed by atoms with Crippen molar-refractivity contribution < 1.29 is 14.6 Å². The minimum Gasteiger partial charge on any atom is -0.385 e. The van der Waals surface area contributed by atoms with Gasteiger partial charge in [0.25, 0.3) is 0 Å². The highest BCUT2D eigenvalue weighted by Gasteiger charge is 2.42. The van der Waals surface area contributed by atoms with Crippen LogP contribution in [-0.2, 0) is 16.8 Å². The number of carbonyl (C=O) groups is 1. The number of aromatic nitrogens is 2. The zero-order valence-corrected chi connectivity index (χ0v) is 19.1. The van der Waals surface area contributed by atoms with E-state index in [4.69, 9.17) is 4.74 Å². The van der Waals surface area contributed by atoms with Gasteiger partial charge in [-0.1, -0.05) is 44.2 Å². The number of ketones is 1. The number of hydrogen-bond acceptors (Lipinski definition) is 4. The van der Waals surface area contributed by atoms with Gasteiger partial charge in [0.2, 0.25) is 5.78 Å². The molecule has 0 amide bonds. The maximum atomic E-state index is 12.9. The minimum absolute atomic E-state index is 0.0177. The van der Waals surface area contributed by atoms with E-state index < -0.39 is 5.60 Å². The predicted molar refractivity (Wildman–Crippen MR) is 124 cm³/mol. The fourth-order valence-electron chi connectivity index (χ4n) is 5.23. The van der Waals surface area contributed by atoms with Crippen molar-refractivity contribution >= 4 is 11.4 Å². The monoisotopic (exact) mass is 432 g/mol. The quantitative estimate of drug-likeness (QED) is 0.513. The molecule has 1 saturated heterocycles. The Labute approximate surface area is 189 Å². The van der Waals surface area contributed by atoms with Crippen molar-refractivity contribution in [3.05, 3.63) is 70.8 Å². The number of nitrogens with zero attached hydrogens (tertiary/aromatic N) is 1. The molecule has 5 nitrogen and oxygen atoms in total. The first kappa shape index (κ1) is 21.4. The first-order valence-electron chi connectivity index (χ1n) is 11.6. The number of aryl methyl sites for hydroxylation is 1. The van der Waals surface area contributed by atoms with Crippen LogP contribution in [0, 0.1) is 12.3 Å². The van der Waals surface area contributed by atoms with Crippen molar-refractivity contribution in [3.63, 3.8) is 0 Å². The Morgan fingerprint density at radius 3 is 2.62 bits per heavy atom. The standard InChI is InChI=1S/C27H32N2O3/c1-17-16-28-25(29-17)24(30)12-19-4-5-20(27(31)14-21-6-7-22(15-27)32-21)13-23(19)18-8-10-26(2,3)11-9-18/h4-8,13,16,21-22,31H,9-12,14-15H2,1-3H3,(H,28,29)/t21-,22+,27?. The number of imidazole rings is 1. The smallest absolute Gasteiger partial charge is 0.202 e. The van der Waals surface area contributed by atoms with Gasteiger partial charge in [0, 0.05) is 31.2 Å². The number of ether oxygens (including phenoxy) is 1. The van der Waals surface area contributed by atoms with Gasteiger partial charge in [-0.2, -0.15) is 0 Å². The maximum Gasteiger partial charge on any atom is 0.202 e. The number of aliphatic hydroxyl groups is 1. The van der Waals surface area contributed by atoms with Gasteiger partial charge in [-0.05, 0) is 59.9 Å². The molecule has 1 unspecified atom stereocenters. The van der Waals surface area contributed by atoms with E-state index in [9.17, 15) is 9.90 Å². The van der Waals surface area contributed by atoms with E-state index in [1.807, 2.05) is 19.1 Å². The molecule has 32 heavy (non-hydrogen) atoms. The number of hydrogen-bond donors (Lipinski definition) is 2. The van der Waals surface area contributed by atoms with Crippen LogP contribution < -0.4 is 0 Å². The van der Waals surface area contributed by atoms with Crippen LogP contribution >= 0.6 is 0 Å². The zero-order valence-electron chi connectivity index (χ0n) is 19.1. The fourth-order valence-corrected chi connectivity index (χ4v) is 5.23. The van der Waals surface area contributed by atoms with E-state index in [1.54, 1.807) is 6.20 Å². The lowest BCUT2D eigenvalue weighted by Crippen LogP contribution is -2.39. The summed E-state index contributed by atoms with van der Waals surface area (Å²) in [5, 5.41) is 11.6. The molecule has 2 bridgehead atoms. The van der Waals surface area contributed by atoms with E-state index >= 15 is 0 Å². The van der Waals surface area contributed by atoms with Gasteiger partial charge in [-0.3, -0.25) is 4.79 Å². The van der Waals surface area contributed by atoms with E-state index in [-0.39, 0.29) is 24.4 Å². The molecule has 3 heterocycles. The van der Waals surface area contributed by atoms with Crippen LogP contribution in [0.25, 0.3) is 5.57 Å². The van der Waals surface area contributed by atoms with Crippen LogP contribution in [0.2, 0.25) is 0 Å². The Kier molecular flexibility index (Phi) is 5.22. The lowest BCUT2D eigenvalue weighted by molar-refractivity contribution is -0.107. The minimum atomic E-state index is -0.916. The van der Waals surface area contributed by atoms with Crippen molar-refractivity contribution in [1.82, 2.24) is 9.97 Å². The second-order valence-corrected chi connectivity index (χ2v) is 10.5. The third-order valence-electron chi connectivity index (χ3n) is 7.25. The Morgan fingerprint density at radius 1 is 1.25 bits per heavy atom. The number of Topliss-reactive ketones (excluding diaryl/α,β-unsaturated/α-hetero) is 1. The van der Waals surface area contributed by atoms with E-state index in [0.717, 1.165) is 41.6 Å². The lowest BCUT2D eigenvalue weighted by Gasteiger charge is -2.37. The molecule has 1 aliphatic carbocycles. The third kappa shape index (κ3) is 4.12. The average Bonchev–Trinajstić information content (AvgIpc) is 3.33. The number of nitrogens with one attached hydrogen (secondary N) is 1. The largest absolute Gasteiger partial charge is 0.385 e. The Hall–Kier alpha value is -2.50. The van der Waals surface area contributed by atoms with Crippen LogP contribution in [-0.4, -0.2) is 33.1 Å². The molecule has 0 spiro atoms. The highest BCUT2D eigenvalue weighted by molar-refractivity contribution is 5.95. The van der Waals surface area contributed by atoms with Crippen LogP contribution in [0.4, 0.5) is 0 Å². The SMILES string of the molecule is Cc1cnc(C(=O)Cc2ccc(C3(O)C[C@H]4C=C[C@@H](C3)O4)cc2C2=CCC(C)(C)CC2)[nH]1. The number of H-pyrrole nitrogens is 1. The number of aromatic amines is 1. The summed E-state index contributed by atoms with van der Waals surface area (Å²) in [5.41, 5.74) is 4.55. The summed E-state index contributed by atoms with van der Waals surface area (Å²) in [5.74, 6) is 0.387. The molecule has 5 heteroatoms. The van der Waals surface area contributed by atoms with Gasteiger partial charge in [0.15, 0.2) is 5.82 Å². The van der Waals surface area contributed by atoms with Crippen LogP contribution in [0.3, 0.4) is 0 Å². The molecule has 3 aliphatic rings. The third-order valence-corrected chi connectivity index (χ3v) is 7.25.